The Labute approximate surface area is 160 Å². The average Bonchev–Trinajstić information content (AvgIpc) is 2.64. The van der Waals surface area contributed by atoms with Crippen molar-refractivity contribution < 1.29 is 29.1 Å². The molecular formula is C17H23N5O6. The van der Waals surface area contributed by atoms with E-state index < -0.39 is 54.8 Å². The molecule has 0 spiro atoms. The maximum atomic E-state index is 11.9. The van der Waals surface area contributed by atoms with E-state index in [4.69, 9.17) is 11.5 Å². The highest BCUT2D eigenvalue weighted by Gasteiger charge is 2.21. The summed E-state index contributed by atoms with van der Waals surface area (Å²) < 4.78 is 0. The van der Waals surface area contributed by atoms with E-state index in [0.29, 0.717) is 0 Å². The standard InChI is InChI=1S/C17H23N5O6/c18-11(7-13(19)23)16(26)21-8-14(24)20-9-15(25)22-12(17(27)28)6-10-4-2-1-3-5-10/h1-5,11-12H,6-9,18H2,(H2,19,23)(H,20,24)(H,21,26)(H,22,25)(H,27,28). The third kappa shape index (κ3) is 8.76. The second-order valence-corrected chi connectivity index (χ2v) is 5.92. The van der Waals surface area contributed by atoms with E-state index in [-0.39, 0.29) is 12.8 Å². The summed E-state index contributed by atoms with van der Waals surface area (Å²) in [5.74, 6) is -4.10. The molecule has 0 heterocycles. The van der Waals surface area contributed by atoms with Crippen LogP contribution in [0, 0.1) is 0 Å². The first kappa shape index (κ1) is 22.6. The zero-order chi connectivity index (χ0) is 21.1. The van der Waals surface area contributed by atoms with Crippen LogP contribution >= 0.6 is 0 Å². The van der Waals surface area contributed by atoms with E-state index in [2.05, 4.69) is 16.0 Å². The quantitative estimate of drug-likeness (QED) is 0.234. The lowest BCUT2D eigenvalue weighted by atomic mass is 10.1. The molecule has 0 aliphatic carbocycles. The second kappa shape index (κ2) is 11.3. The number of aliphatic carboxylic acids is 1. The fourth-order valence-electron chi connectivity index (χ4n) is 2.14. The van der Waals surface area contributed by atoms with E-state index in [1.807, 2.05) is 0 Å². The highest BCUT2D eigenvalue weighted by atomic mass is 16.4. The summed E-state index contributed by atoms with van der Waals surface area (Å²) in [6.07, 6.45) is -0.280. The topological polar surface area (TPSA) is 194 Å². The van der Waals surface area contributed by atoms with E-state index in [9.17, 15) is 29.1 Å². The zero-order valence-electron chi connectivity index (χ0n) is 15.0. The van der Waals surface area contributed by atoms with Crippen molar-refractivity contribution in [2.24, 2.45) is 11.5 Å². The highest BCUT2D eigenvalue weighted by Crippen LogP contribution is 2.03. The Morgan fingerprint density at radius 1 is 0.964 bits per heavy atom. The van der Waals surface area contributed by atoms with Gasteiger partial charge in [-0.1, -0.05) is 30.3 Å². The van der Waals surface area contributed by atoms with Gasteiger partial charge in [0.15, 0.2) is 0 Å². The number of hydrogen-bond donors (Lipinski definition) is 6. The van der Waals surface area contributed by atoms with Gasteiger partial charge in [0.25, 0.3) is 0 Å². The lowest BCUT2D eigenvalue weighted by Gasteiger charge is -2.15. The van der Waals surface area contributed by atoms with Crippen LogP contribution in [0.4, 0.5) is 0 Å². The van der Waals surface area contributed by atoms with Crippen LogP contribution in [0.1, 0.15) is 12.0 Å². The molecule has 2 unspecified atom stereocenters. The molecule has 4 amide bonds. The second-order valence-electron chi connectivity index (χ2n) is 5.92. The molecule has 0 saturated carbocycles. The Morgan fingerprint density at radius 3 is 2.14 bits per heavy atom. The van der Waals surface area contributed by atoms with E-state index in [1.165, 1.54) is 0 Å². The van der Waals surface area contributed by atoms with Crippen LogP contribution in [0.2, 0.25) is 0 Å². The van der Waals surface area contributed by atoms with Gasteiger partial charge in [-0.05, 0) is 5.56 Å². The molecule has 11 nitrogen and oxygen atoms in total. The number of carbonyl (C=O) groups is 5. The number of carboxylic acids is 1. The Kier molecular flexibility index (Phi) is 9.10. The molecule has 0 aliphatic heterocycles. The highest BCUT2D eigenvalue weighted by molar-refractivity contribution is 5.92. The smallest absolute Gasteiger partial charge is 0.326 e. The van der Waals surface area contributed by atoms with Gasteiger partial charge in [0.2, 0.25) is 23.6 Å². The van der Waals surface area contributed by atoms with Crippen molar-refractivity contribution in [1.29, 1.82) is 0 Å². The van der Waals surface area contributed by atoms with Crippen molar-refractivity contribution >= 4 is 29.6 Å². The number of amides is 4. The lowest BCUT2D eigenvalue weighted by molar-refractivity contribution is -0.141. The fourth-order valence-corrected chi connectivity index (χ4v) is 2.14. The van der Waals surface area contributed by atoms with E-state index >= 15 is 0 Å². The molecule has 0 fully saturated rings. The van der Waals surface area contributed by atoms with E-state index in [1.54, 1.807) is 30.3 Å². The largest absolute Gasteiger partial charge is 0.480 e. The predicted octanol–water partition coefficient (Wildman–Crippen LogP) is -2.77. The van der Waals surface area contributed by atoms with Crippen LogP contribution in [0.25, 0.3) is 0 Å². The molecule has 0 saturated heterocycles. The third-order valence-corrected chi connectivity index (χ3v) is 3.54. The Morgan fingerprint density at radius 2 is 1.57 bits per heavy atom. The van der Waals surface area contributed by atoms with Gasteiger partial charge in [0, 0.05) is 6.42 Å². The summed E-state index contributed by atoms with van der Waals surface area (Å²) in [5, 5.41) is 16.0. The molecule has 1 rings (SSSR count). The minimum atomic E-state index is -1.21. The van der Waals surface area contributed by atoms with Crippen LogP contribution in [-0.4, -0.2) is 59.9 Å². The fraction of sp³-hybridized carbons (Fsp3) is 0.353. The van der Waals surface area contributed by atoms with Gasteiger partial charge in [0.05, 0.1) is 25.6 Å². The number of carboxylic acid groups (broad SMARTS) is 1. The minimum Gasteiger partial charge on any atom is -0.480 e. The first-order valence-corrected chi connectivity index (χ1v) is 8.33. The molecule has 2 atom stereocenters. The van der Waals surface area contributed by atoms with Gasteiger partial charge < -0.3 is 32.5 Å². The molecule has 11 heteroatoms. The Bertz CT molecular complexity index is 724. The van der Waals surface area contributed by atoms with Crippen LogP contribution < -0.4 is 27.4 Å². The summed E-state index contributed by atoms with van der Waals surface area (Å²) in [4.78, 5) is 57.1. The SMILES string of the molecule is NC(=O)CC(N)C(=O)NCC(=O)NCC(=O)NC(Cc1ccccc1)C(=O)O. The van der Waals surface area contributed by atoms with Crippen LogP contribution in [0.5, 0.6) is 0 Å². The molecule has 0 bridgehead atoms. The predicted molar refractivity (Wildman–Crippen MR) is 97.5 cm³/mol. The molecule has 152 valence electrons. The normalized spacial score (nSPS) is 12.3. The van der Waals surface area contributed by atoms with Crippen molar-refractivity contribution in [2.45, 2.75) is 24.9 Å². The van der Waals surface area contributed by atoms with Crippen molar-refractivity contribution in [1.82, 2.24) is 16.0 Å². The Hall–Kier alpha value is -3.47. The van der Waals surface area contributed by atoms with Gasteiger partial charge >= 0.3 is 5.97 Å². The number of rotatable bonds is 11. The molecule has 0 aliphatic rings. The van der Waals surface area contributed by atoms with Gasteiger partial charge in [-0.2, -0.15) is 0 Å². The molecule has 8 N–H and O–H groups in total. The van der Waals surface area contributed by atoms with Crippen molar-refractivity contribution in [3.8, 4) is 0 Å². The zero-order valence-corrected chi connectivity index (χ0v) is 15.0. The first-order valence-electron chi connectivity index (χ1n) is 8.33. The molecule has 1 aromatic carbocycles. The summed E-state index contributed by atoms with van der Waals surface area (Å²) >= 11 is 0. The molecule has 1 aromatic rings. The summed E-state index contributed by atoms with van der Waals surface area (Å²) in [5.41, 5.74) is 11.1. The van der Waals surface area contributed by atoms with Gasteiger partial charge in [-0.15, -0.1) is 0 Å². The number of nitrogens with one attached hydrogen (secondary N) is 3. The van der Waals surface area contributed by atoms with Crippen LogP contribution in [-0.2, 0) is 30.4 Å². The van der Waals surface area contributed by atoms with Gasteiger partial charge in [-0.25, -0.2) is 4.79 Å². The van der Waals surface area contributed by atoms with Crippen molar-refractivity contribution in [2.75, 3.05) is 13.1 Å². The van der Waals surface area contributed by atoms with E-state index in [0.717, 1.165) is 5.56 Å². The minimum absolute atomic E-state index is 0.0870. The van der Waals surface area contributed by atoms with Crippen molar-refractivity contribution in [3.63, 3.8) is 0 Å². The lowest BCUT2D eigenvalue weighted by Crippen LogP contribution is -2.49. The summed E-state index contributed by atoms with van der Waals surface area (Å²) in [6, 6.07) is 6.42. The monoisotopic (exact) mass is 393 g/mol. The average molecular weight is 393 g/mol. The number of carbonyl (C=O) groups excluding carboxylic acids is 4. The number of nitrogens with two attached hydrogens (primary N) is 2. The maximum Gasteiger partial charge on any atom is 0.326 e. The van der Waals surface area contributed by atoms with Crippen LogP contribution in [0.15, 0.2) is 30.3 Å². The number of benzene rings is 1. The molecular weight excluding hydrogens is 370 g/mol. The maximum absolute atomic E-state index is 11.9. The molecule has 0 radical (unpaired) electrons. The van der Waals surface area contributed by atoms with Gasteiger partial charge in [0.1, 0.15) is 6.04 Å². The van der Waals surface area contributed by atoms with Crippen molar-refractivity contribution in [3.05, 3.63) is 35.9 Å². The van der Waals surface area contributed by atoms with Crippen LogP contribution in [0.3, 0.4) is 0 Å². The number of primary amides is 1. The third-order valence-electron chi connectivity index (χ3n) is 3.54. The van der Waals surface area contributed by atoms with Gasteiger partial charge in [-0.3, -0.25) is 19.2 Å². The summed E-state index contributed by atoms with van der Waals surface area (Å²) in [6.45, 7) is -0.939. The number of hydrogen-bond acceptors (Lipinski definition) is 6. The first-order chi connectivity index (χ1) is 13.2. The summed E-state index contributed by atoms with van der Waals surface area (Å²) in [7, 11) is 0. The molecule has 0 aromatic heterocycles. The Balaban J connectivity index is 2.39. The molecule has 28 heavy (non-hydrogen) atoms.